The van der Waals surface area contributed by atoms with E-state index in [0.29, 0.717) is 5.82 Å². The summed E-state index contributed by atoms with van der Waals surface area (Å²) in [5.41, 5.74) is 6.49. The van der Waals surface area contributed by atoms with Crippen molar-refractivity contribution in [2.75, 3.05) is 5.73 Å². The molecule has 9 heavy (non-hydrogen) atoms. The molecule has 0 aliphatic heterocycles. The molecule has 50 valence electrons. The molecule has 0 saturated carbocycles. The average molecular weight is 190 g/mol. The number of nitrogens with zero attached hydrogens (tertiary/aromatic N) is 2. The van der Waals surface area contributed by atoms with Crippen LogP contribution >= 0.6 is 15.9 Å². The number of hydrogen-bond acceptors (Lipinski definition) is 2. The van der Waals surface area contributed by atoms with Crippen molar-refractivity contribution >= 4 is 21.7 Å². The molecule has 1 aromatic rings. The van der Waals surface area contributed by atoms with E-state index in [1.165, 1.54) is 0 Å². The van der Waals surface area contributed by atoms with Crippen molar-refractivity contribution in [3.05, 3.63) is 11.8 Å². The highest BCUT2D eigenvalue weighted by molar-refractivity contribution is 9.08. The van der Waals surface area contributed by atoms with Gasteiger partial charge in [0.15, 0.2) is 0 Å². The largest absolute Gasteiger partial charge is 0.382 e. The van der Waals surface area contributed by atoms with Crippen LogP contribution in [-0.2, 0) is 12.4 Å². The molecule has 0 unspecified atom stereocenters. The maximum atomic E-state index is 5.40. The molecule has 0 spiro atoms. The van der Waals surface area contributed by atoms with E-state index in [1.54, 1.807) is 4.68 Å². The topological polar surface area (TPSA) is 43.8 Å². The minimum Gasteiger partial charge on any atom is -0.382 e. The lowest BCUT2D eigenvalue weighted by Gasteiger charge is -1.91. The summed E-state index contributed by atoms with van der Waals surface area (Å²) in [7, 11) is 1.87. The van der Waals surface area contributed by atoms with Crippen molar-refractivity contribution in [1.29, 1.82) is 0 Å². The summed E-state index contributed by atoms with van der Waals surface area (Å²) in [6.07, 6.45) is 0. The summed E-state index contributed by atoms with van der Waals surface area (Å²) in [5.74, 6) is 0.576. The van der Waals surface area contributed by atoms with Crippen LogP contribution in [0, 0.1) is 0 Å². The van der Waals surface area contributed by atoms with Crippen molar-refractivity contribution in [2.24, 2.45) is 7.05 Å². The van der Waals surface area contributed by atoms with E-state index in [0.717, 1.165) is 11.0 Å². The second-order valence-electron chi connectivity index (χ2n) is 1.82. The molecule has 0 aliphatic rings. The van der Waals surface area contributed by atoms with Gasteiger partial charge in [-0.05, 0) is 0 Å². The summed E-state index contributed by atoms with van der Waals surface area (Å²) >= 11 is 3.31. The Balaban J connectivity index is 3.01. The lowest BCUT2D eigenvalue weighted by atomic mass is 10.5. The van der Waals surface area contributed by atoms with Gasteiger partial charge in [0.1, 0.15) is 5.82 Å². The van der Waals surface area contributed by atoms with Crippen LogP contribution in [0.3, 0.4) is 0 Å². The SMILES string of the molecule is Cn1nc(N)cc1CBr. The highest BCUT2D eigenvalue weighted by Crippen LogP contribution is 2.07. The Morgan fingerprint density at radius 2 is 2.56 bits per heavy atom. The zero-order valence-electron chi connectivity index (χ0n) is 5.13. The van der Waals surface area contributed by atoms with E-state index in [9.17, 15) is 0 Å². The van der Waals surface area contributed by atoms with Crippen LogP contribution in [0.1, 0.15) is 5.69 Å². The van der Waals surface area contributed by atoms with Crippen LogP contribution < -0.4 is 5.73 Å². The number of nitrogens with two attached hydrogens (primary N) is 1. The Labute approximate surface area is 62.0 Å². The number of alkyl halides is 1. The zero-order valence-corrected chi connectivity index (χ0v) is 6.72. The van der Waals surface area contributed by atoms with Gasteiger partial charge in [0.05, 0.1) is 5.69 Å². The molecule has 1 aromatic heterocycles. The summed E-state index contributed by atoms with van der Waals surface area (Å²) in [4.78, 5) is 0. The van der Waals surface area contributed by atoms with E-state index in [1.807, 2.05) is 13.1 Å². The maximum Gasteiger partial charge on any atom is 0.145 e. The Hall–Kier alpha value is -0.510. The molecule has 0 saturated heterocycles. The van der Waals surface area contributed by atoms with Gasteiger partial charge in [0.2, 0.25) is 0 Å². The van der Waals surface area contributed by atoms with Gasteiger partial charge in [0.25, 0.3) is 0 Å². The van der Waals surface area contributed by atoms with Gasteiger partial charge >= 0.3 is 0 Å². The van der Waals surface area contributed by atoms with Gasteiger partial charge < -0.3 is 5.73 Å². The minimum absolute atomic E-state index is 0.576. The second kappa shape index (κ2) is 2.39. The van der Waals surface area contributed by atoms with E-state index < -0.39 is 0 Å². The Morgan fingerprint density at radius 3 is 2.78 bits per heavy atom. The van der Waals surface area contributed by atoms with E-state index in [4.69, 9.17) is 5.73 Å². The quantitative estimate of drug-likeness (QED) is 0.668. The first-order chi connectivity index (χ1) is 4.24. The van der Waals surface area contributed by atoms with Gasteiger partial charge in [-0.3, -0.25) is 4.68 Å². The molecule has 0 amide bonds. The molecule has 0 aromatic carbocycles. The monoisotopic (exact) mass is 189 g/mol. The van der Waals surface area contributed by atoms with Crippen molar-refractivity contribution in [1.82, 2.24) is 9.78 Å². The fourth-order valence-electron chi connectivity index (χ4n) is 0.655. The summed E-state index contributed by atoms with van der Waals surface area (Å²) in [6.45, 7) is 0. The van der Waals surface area contributed by atoms with Gasteiger partial charge in [0, 0.05) is 18.4 Å². The number of nitrogen functional groups attached to an aromatic ring is 1. The predicted molar refractivity (Wildman–Crippen MR) is 40.3 cm³/mol. The van der Waals surface area contributed by atoms with Crippen LogP contribution in [-0.4, -0.2) is 9.78 Å². The van der Waals surface area contributed by atoms with E-state index >= 15 is 0 Å². The molecule has 0 radical (unpaired) electrons. The third-order valence-electron chi connectivity index (χ3n) is 1.13. The maximum absolute atomic E-state index is 5.40. The molecule has 0 bridgehead atoms. The Morgan fingerprint density at radius 1 is 1.89 bits per heavy atom. The van der Waals surface area contributed by atoms with Crippen LogP contribution in [0.25, 0.3) is 0 Å². The molecular formula is C5H8BrN3. The standard InChI is InChI=1S/C5H8BrN3/c1-9-4(3-6)2-5(7)8-9/h2H,3H2,1H3,(H2,7,8). The van der Waals surface area contributed by atoms with Gasteiger partial charge in [-0.25, -0.2) is 0 Å². The van der Waals surface area contributed by atoms with Gasteiger partial charge in [-0.15, -0.1) is 0 Å². The van der Waals surface area contributed by atoms with Crippen molar-refractivity contribution in [3.63, 3.8) is 0 Å². The summed E-state index contributed by atoms with van der Waals surface area (Å²) in [5, 5.41) is 4.75. The highest BCUT2D eigenvalue weighted by Gasteiger charge is 1.97. The lowest BCUT2D eigenvalue weighted by molar-refractivity contribution is 0.741. The van der Waals surface area contributed by atoms with Crippen LogP contribution in [0.2, 0.25) is 0 Å². The summed E-state index contributed by atoms with van der Waals surface area (Å²) < 4.78 is 1.75. The van der Waals surface area contributed by atoms with Gasteiger partial charge in [-0.1, -0.05) is 15.9 Å². The number of aromatic nitrogens is 2. The Bertz CT molecular complexity index is 206. The van der Waals surface area contributed by atoms with Crippen LogP contribution in [0.5, 0.6) is 0 Å². The smallest absolute Gasteiger partial charge is 0.145 e. The van der Waals surface area contributed by atoms with E-state index in [-0.39, 0.29) is 0 Å². The summed E-state index contributed by atoms with van der Waals surface area (Å²) in [6, 6.07) is 1.84. The first-order valence-electron chi connectivity index (χ1n) is 2.58. The van der Waals surface area contributed by atoms with Crippen molar-refractivity contribution < 1.29 is 0 Å². The number of rotatable bonds is 1. The zero-order chi connectivity index (χ0) is 6.85. The van der Waals surface area contributed by atoms with Crippen LogP contribution in [0.4, 0.5) is 5.82 Å². The first kappa shape index (κ1) is 6.61. The fourth-order valence-corrected chi connectivity index (χ4v) is 1.18. The third-order valence-corrected chi connectivity index (χ3v) is 1.71. The molecule has 0 atom stereocenters. The number of hydrogen-bond donors (Lipinski definition) is 1. The minimum atomic E-state index is 0.576. The van der Waals surface area contributed by atoms with E-state index in [2.05, 4.69) is 21.0 Å². The molecule has 0 fully saturated rings. The fraction of sp³-hybridized carbons (Fsp3) is 0.400. The normalized spacial score (nSPS) is 10.0. The number of anilines is 1. The number of halogens is 1. The van der Waals surface area contributed by atoms with Crippen LogP contribution in [0.15, 0.2) is 6.07 Å². The molecule has 3 nitrogen and oxygen atoms in total. The van der Waals surface area contributed by atoms with Crippen molar-refractivity contribution in [2.45, 2.75) is 5.33 Å². The molecule has 4 heteroatoms. The Kier molecular flexibility index (Phi) is 1.75. The number of aryl methyl sites for hydroxylation is 1. The molecule has 1 heterocycles. The third kappa shape index (κ3) is 1.24. The second-order valence-corrected chi connectivity index (χ2v) is 2.38. The first-order valence-corrected chi connectivity index (χ1v) is 3.70. The molecule has 1 rings (SSSR count). The lowest BCUT2D eigenvalue weighted by Crippen LogP contribution is -1.95. The average Bonchev–Trinajstić information content (AvgIpc) is 2.10. The molecule has 2 N–H and O–H groups in total. The van der Waals surface area contributed by atoms with Crippen molar-refractivity contribution in [3.8, 4) is 0 Å². The molecule has 0 aliphatic carbocycles. The molecular weight excluding hydrogens is 182 g/mol. The van der Waals surface area contributed by atoms with Gasteiger partial charge in [-0.2, -0.15) is 5.10 Å². The predicted octanol–water partition coefficient (Wildman–Crippen LogP) is 0.897. The highest BCUT2D eigenvalue weighted by atomic mass is 79.9.